The lowest BCUT2D eigenvalue weighted by molar-refractivity contribution is 0.274. The quantitative estimate of drug-likeness (QED) is 0.737. The summed E-state index contributed by atoms with van der Waals surface area (Å²) >= 11 is 4.91. The molecule has 3 rings (SSSR count). The average molecular weight is 392 g/mol. The van der Waals surface area contributed by atoms with E-state index in [0.29, 0.717) is 10.8 Å². The molecule has 1 aromatic rings. The molecule has 0 spiro atoms. The van der Waals surface area contributed by atoms with Crippen molar-refractivity contribution in [2.24, 2.45) is 5.92 Å². The molecular formula is C15H22BrNO2S2. The number of aryl methyl sites for hydroxylation is 1. The predicted molar refractivity (Wildman–Crippen MR) is 90.2 cm³/mol. The average Bonchev–Trinajstić information content (AvgIpc) is 3.21. The summed E-state index contributed by atoms with van der Waals surface area (Å²) in [6.07, 6.45) is 8.24. The topological polar surface area (TPSA) is 37.4 Å². The van der Waals surface area contributed by atoms with Gasteiger partial charge >= 0.3 is 0 Å². The van der Waals surface area contributed by atoms with Gasteiger partial charge < -0.3 is 0 Å². The molecule has 118 valence electrons. The summed E-state index contributed by atoms with van der Waals surface area (Å²) in [6.45, 7) is 2.62. The summed E-state index contributed by atoms with van der Waals surface area (Å²) in [7, 11) is -3.33. The largest absolute Gasteiger partial charge is 0.244 e. The standard InChI is InChI=1S/C15H22BrNO2S2/c1-11-14(9-15(16)20-11)21(18,19)17(13-7-8-13)10-12-5-3-2-4-6-12/h9,12-13H,2-8,10H2,1H3. The second kappa shape index (κ2) is 6.30. The maximum atomic E-state index is 13.0. The van der Waals surface area contributed by atoms with Gasteiger partial charge in [-0.25, -0.2) is 8.42 Å². The molecule has 3 nitrogen and oxygen atoms in total. The number of rotatable bonds is 5. The van der Waals surface area contributed by atoms with Crippen LogP contribution in [0.3, 0.4) is 0 Å². The number of thiophene rings is 1. The maximum absolute atomic E-state index is 13.0. The molecule has 0 amide bonds. The highest BCUT2D eigenvalue weighted by molar-refractivity contribution is 9.11. The van der Waals surface area contributed by atoms with E-state index >= 15 is 0 Å². The molecule has 21 heavy (non-hydrogen) atoms. The molecular weight excluding hydrogens is 370 g/mol. The molecule has 0 aromatic carbocycles. The van der Waals surface area contributed by atoms with Gasteiger partial charge in [-0.1, -0.05) is 19.3 Å². The van der Waals surface area contributed by atoms with Crippen molar-refractivity contribution in [3.05, 3.63) is 14.7 Å². The van der Waals surface area contributed by atoms with Gasteiger partial charge in [0, 0.05) is 17.5 Å². The molecule has 0 radical (unpaired) electrons. The van der Waals surface area contributed by atoms with Crippen LogP contribution in [0.4, 0.5) is 0 Å². The summed E-state index contributed by atoms with van der Waals surface area (Å²) in [5.41, 5.74) is 0. The molecule has 0 saturated heterocycles. The van der Waals surface area contributed by atoms with Gasteiger partial charge in [0.05, 0.1) is 8.68 Å². The maximum Gasteiger partial charge on any atom is 0.244 e. The molecule has 2 aliphatic rings. The second-order valence-corrected chi connectivity index (χ2v) is 10.8. The van der Waals surface area contributed by atoms with E-state index in [1.807, 2.05) is 11.2 Å². The fourth-order valence-electron chi connectivity index (χ4n) is 3.24. The van der Waals surface area contributed by atoms with Crippen molar-refractivity contribution < 1.29 is 8.42 Å². The summed E-state index contributed by atoms with van der Waals surface area (Å²) in [6, 6.07) is 2.01. The fraction of sp³-hybridized carbons (Fsp3) is 0.733. The predicted octanol–water partition coefficient (Wildman–Crippen LogP) is 4.55. The van der Waals surface area contributed by atoms with Crippen molar-refractivity contribution in [3.8, 4) is 0 Å². The van der Waals surface area contributed by atoms with Crippen LogP contribution in [0.2, 0.25) is 0 Å². The molecule has 2 aliphatic carbocycles. The van der Waals surface area contributed by atoms with Crippen molar-refractivity contribution in [1.29, 1.82) is 0 Å². The smallest absolute Gasteiger partial charge is 0.207 e. The number of sulfonamides is 1. The first kappa shape index (κ1) is 16.0. The summed E-state index contributed by atoms with van der Waals surface area (Å²) in [5, 5.41) is 0. The molecule has 1 heterocycles. The highest BCUT2D eigenvalue weighted by Gasteiger charge is 2.40. The molecule has 6 heteroatoms. The third-order valence-electron chi connectivity index (χ3n) is 4.55. The minimum Gasteiger partial charge on any atom is -0.207 e. The Morgan fingerprint density at radius 3 is 2.43 bits per heavy atom. The molecule has 0 N–H and O–H groups in total. The lowest BCUT2D eigenvalue weighted by Gasteiger charge is -2.29. The Bertz CT molecular complexity index is 601. The van der Waals surface area contributed by atoms with Gasteiger partial charge in [0.1, 0.15) is 0 Å². The van der Waals surface area contributed by atoms with Crippen molar-refractivity contribution in [3.63, 3.8) is 0 Å². The minimum absolute atomic E-state index is 0.245. The Morgan fingerprint density at radius 2 is 1.90 bits per heavy atom. The Morgan fingerprint density at radius 1 is 1.24 bits per heavy atom. The first-order valence-corrected chi connectivity index (χ1v) is 10.8. The Hall–Kier alpha value is 0.0900. The van der Waals surface area contributed by atoms with E-state index in [0.717, 1.165) is 28.0 Å². The zero-order valence-corrected chi connectivity index (χ0v) is 15.6. The highest BCUT2D eigenvalue weighted by Crippen LogP contribution is 2.38. The third-order valence-corrected chi connectivity index (χ3v) is 8.27. The van der Waals surface area contributed by atoms with Crippen molar-refractivity contribution in [2.75, 3.05) is 6.54 Å². The van der Waals surface area contributed by atoms with Crippen LogP contribution in [0.5, 0.6) is 0 Å². The highest BCUT2D eigenvalue weighted by atomic mass is 79.9. The SMILES string of the molecule is Cc1sc(Br)cc1S(=O)(=O)N(CC1CCCCC1)C1CC1. The molecule has 0 unspecified atom stereocenters. The van der Waals surface area contributed by atoms with Crippen molar-refractivity contribution >= 4 is 37.3 Å². The molecule has 0 bridgehead atoms. The van der Waals surface area contributed by atoms with Crippen LogP contribution in [0.15, 0.2) is 14.7 Å². The van der Waals surface area contributed by atoms with Gasteiger partial charge in [0.15, 0.2) is 0 Å². The van der Waals surface area contributed by atoms with E-state index in [1.165, 1.54) is 43.4 Å². The van der Waals surface area contributed by atoms with E-state index in [-0.39, 0.29) is 6.04 Å². The molecule has 0 aliphatic heterocycles. The van der Waals surface area contributed by atoms with E-state index < -0.39 is 10.0 Å². The van der Waals surface area contributed by atoms with E-state index in [9.17, 15) is 8.42 Å². The summed E-state index contributed by atoms with van der Waals surface area (Å²) in [5.74, 6) is 0.552. The fourth-order valence-corrected chi connectivity index (χ4v) is 7.39. The van der Waals surface area contributed by atoms with Gasteiger partial charge in [-0.15, -0.1) is 11.3 Å². The summed E-state index contributed by atoms with van der Waals surface area (Å²) < 4.78 is 28.8. The zero-order chi connectivity index (χ0) is 15.0. The number of hydrogen-bond donors (Lipinski definition) is 0. The number of halogens is 1. The van der Waals surface area contributed by atoms with Crippen LogP contribution >= 0.6 is 27.3 Å². The van der Waals surface area contributed by atoms with Crippen molar-refractivity contribution in [2.45, 2.75) is 62.8 Å². The monoisotopic (exact) mass is 391 g/mol. The lowest BCUT2D eigenvalue weighted by atomic mass is 9.89. The van der Waals surface area contributed by atoms with E-state index in [1.54, 1.807) is 6.07 Å². The van der Waals surface area contributed by atoms with Crippen LogP contribution in [-0.4, -0.2) is 25.3 Å². The van der Waals surface area contributed by atoms with Crippen LogP contribution in [-0.2, 0) is 10.0 Å². The van der Waals surface area contributed by atoms with E-state index in [4.69, 9.17) is 0 Å². The number of hydrogen-bond acceptors (Lipinski definition) is 3. The first-order chi connectivity index (χ1) is 9.98. The minimum atomic E-state index is -3.33. The molecule has 2 saturated carbocycles. The van der Waals surface area contributed by atoms with Crippen LogP contribution in [0.25, 0.3) is 0 Å². The number of nitrogens with zero attached hydrogens (tertiary/aromatic N) is 1. The molecule has 2 fully saturated rings. The zero-order valence-electron chi connectivity index (χ0n) is 12.3. The third kappa shape index (κ3) is 3.54. The van der Waals surface area contributed by atoms with Gasteiger partial charge in [-0.05, 0) is 60.5 Å². The van der Waals surface area contributed by atoms with Gasteiger partial charge in [0.25, 0.3) is 0 Å². The lowest BCUT2D eigenvalue weighted by Crippen LogP contribution is -2.37. The Labute approximate surface area is 139 Å². The van der Waals surface area contributed by atoms with Gasteiger partial charge in [-0.2, -0.15) is 4.31 Å². The van der Waals surface area contributed by atoms with Gasteiger partial charge in [-0.3, -0.25) is 0 Å². The summed E-state index contributed by atoms with van der Waals surface area (Å²) in [4.78, 5) is 1.39. The Balaban J connectivity index is 1.84. The Kier molecular flexibility index (Phi) is 4.79. The molecule has 0 atom stereocenters. The van der Waals surface area contributed by atoms with E-state index in [2.05, 4.69) is 15.9 Å². The normalized spacial score (nSPS) is 21.1. The van der Waals surface area contributed by atoms with Crippen molar-refractivity contribution in [1.82, 2.24) is 4.31 Å². The molecule has 1 aromatic heterocycles. The second-order valence-electron chi connectivity index (χ2n) is 6.28. The van der Waals surface area contributed by atoms with Crippen LogP contribution in [0.1, 0.15) is 49.8 Å². The van der Waals surface area contributed by atoms with Crippen LogP contribution in [0, 0.1) is 12.8 Å². The van der Waals surface area contributed by atoms with Gasteiger partial charge in [0.2, 0.25) is 10.0 Å². The first-order valence-electron chi connectivity index (χ1n) is 7.76. The van der Waals surface area contributed by atoms with Crippen LogP contribution < -0.4 is 0 Å².